The lowest BCUT2D eigenvalue weighted by Crippen LogP contribution is -2.50. The second kappa shape index (κ2) is 9.01. The van der Waals surface area contributed by atoms with Gasteiger partial charge in [0.1, 0.15) is 11.5 Å². The van der Waals surface area contributed by atoms with Crippen LogP contribution in [0, 0.1) is 20.8 Å². The van der Waals surface area contributed by atoms with Crippen molar-refractivity contribution in [1.82, 2.24) is 14.9 Å². The number of carbonyl (C=O) groups is 2. The Labute approximate surface area is 186 Å². The van der Waals surface area contributed by atoms with Gasteiger partial charge in [-0.15, -0.1) is 5.10 Å². The van der Waals surface area contributed by atoms with Gasteiger partial charge in [0.2, 0.25) is 0 Å². The van der Waals surface area contributed by atoms with Crippen LogP contribution in [0.25, 0.3) is 0 Å². The van der Waals surface area contributed by atoms with Gasteiger partial charge in [-0.25, -0.2) is 0 Å². The molecule has 3 aromatic rings. The third-order valence-corrected chi connectivity index (χ3v) is 6.02. The second-order valence-electron chi connectivity index (χ2n) is 8.26. The molecule has 0 aliphatic heterocycles. The minimum atomic E-state index is -1.01. The van der Waals surface area contributed by atoms with Crippen LogP contribution in [0.2, 0.25) is 0 Å². The van der Waals surface area contributed by atoms with Crippen molar-refractivity contribution < 1.29 is 14.0 Å². The molecule has 1 N–H and O–H groups in total. The first-order chi connectivity index (χ1) is 14.6. The van der Waals surface area contributed by atoms with E-state index in [0.717, 1.165) is 29.1 Å². The summed E-state index contributed by atoms with van der Waals surface area (Å²) in [5.41, 5.74) is 2.27. The summed E-state index contributed by atoms with van der Waals surface area (Å²) in [5, 5.41) is 8.62. The van der Waals surface area contributed by atoms with Gasteiger partial charge in [0, 0.05) is 16.6 Å². The molecule has 2 amide bonds. The first kappa shape index (κ1) is 22.7. The van der Waals surface area contributed by atoms with Crippen molar-refractivity contribution in [1.29, 1.82) is 0 Å². The highest BCUT2D eigenvalue weighted by Crippen LogP contribution is 2.34. The minimum Gasteiger partial charge on any atom is -0.464 e. The van der Waals surface area contributed by atoms with Gasteiger partial charge < -0.3 is 9.73 Å². The van der Waals surface area contributed by atoms with Crippen molar-refractivity contribution in [3.05, 3.63) is 64.1 Å². The fourth-order valence-electron chi connectivity index (χ4n) is 3.21. The van der Waals surface area contributed by atoms with Crippen LogP contribution < -0.4 is 10.2 Å². The number of furan rings is 1. The average molecular weight is 441 g/mol. The van der Waals surface area contributed by atoms with Crippen molar-refractivity contribution in [2.24, 2.45) is 0 Å². The van der Waals surface area contributed by atoms with E-state index in [1.54, 1.807) is 17.5 Å². The summed E-state index contributed by atoms with van der Waals surface area (Å²) in [6.07, 6.45) is 0.732. The molecule has 1 aromatic carbocycles. The molecule has 0 radical (unpaired) electrons. The van der Waals surface area contributed by atoms with Crippen molar-refractivity contribution >= 4 is 29.0 Å². The van der Waals surface area contributed by atoms with Crippen LogP contribution in [0.15, 0.2) is 40.1 Å². The number of nitrogens with one attached hydrogen (secondary N) is 1. The Morgan fingerprint density at radius 1 is 1.19 bits per heavy atom. The minimum absolute atomic E-state index is 0.182. The van der Waals surface area contributed by atoms with Crippen LogP contribution >= 0.6 is 11.5 Å². The molecule has 0 spiro atoms. The van der Waals surface area contributed by atoms with E-state index in [1.165, 1.54) is 4.90 Å². The third kappa shape index (κ3) is 4.85. The Kier molecular flexibility index (Phi) is 6.59. The lowest BCUT2D eigenvalue weighted by Gasteiger charge is -2.34. The van der Waals surface area contributed by atoms with Crippen LogP contribution in [0.4, 0.5) is 5.69 Å². The molecule has 0 aliphatic carbocycles. The Balaban J connectivity index is 2.20. The lowest BCUT2D eigenvalue weighted by molar-refractivity contribution is -0.124. The molecule has 2 heterocycles. The van der Waals surface area contributed by atoms with Gasteiger partial charge in [-0.2, -0.15) is 0 Å². The van der Waals surface area contributed by atoms with Gasteiger partial charge in [0.25, 0.3) is 11.8 Å². The van der Waals surface area contributed by atoms with Crippen LogP contribution in [0.5, 0.6) is 0 Å². The summed E-state index contributed by atoms with van der Waals surface area (Å²) in [5.74, 6) is 0.315. The molecule has 3 rings (SSSR count). The topological polar surface area (TPSA) is 88.3 Å². The number of benzene rings is 1. The maximum atomic E-state index is 13.6. The zero-order valence-electron chi connectivity index (χ0n) is 18.7. The number of aryl methyl sites for hydroxylation is 2. The van der Waals surface area contributed by atoms with Gasteiger partial charge in [0.15, 0.2) is 11.7 Å². The molecule has 0 bridgehead atoms. The Bertz CT molecular complexity index is 1070. The van der Waals surface area contributed by atoms with Crippen LogP contribution in [0.3, 0.4) is 0 Å². The van der Waals surface area contributed by atoms with Crippen LogP contribution in [-0.2, 0) is 4.79 Å². The van der Waals surface area contributed by atoms with E-state index >= 15 is 0 Å². The zero-order valence-corrected chi connectivity index (χ0v) is 19.5. The Hall–Kier alpha value is -3.00. The quantitative estimate of drug-likeness (QED) is 0.573. The largest absolute Gasteiger partial charge is 0.464 e. The van der Waals surface area contributed by atoms with E-state index in [-0.39, 0.29) is 11.6 Å². The molecule has 0 fully saturated rings. The fourth-order valence-corrected chi connectivity index (χ4v) is 3.64. The summed E-state index contributed by atoms with van der Waals surface area (Å²) in [4.78, 5) is 28.7. The van der Waals surface area contributed by atoms with Crippen LogP contribution in [-0.4, -0.2) is 26.9 Å². The Morgan fingerprint density at radius 2 is 1.94 bits per heavy atom. The molecule has 164 valence electrons. The van der Waals surface area contributed by atoms with Crippen LogP contribution in [0.1, 0.15) is 66.4 Å². The van der Waals surface area contributed by atoms with E-state index in [2.05, 4.69) is 14.9 Å². The second-order valence-corrected chi connectivity index (χ2v) is 8.87. The number of anilines is 1. The number of hydrogen-bond donors (Lipinski definition) is 1. The van der Waals surface area contributed by atoms with E-state index in [1.807, 2.05) is 59.7 Å². The van der Waals surface area contributed by atoms with E-state index in [4.69, 9.17) is 4.42 Å². The van der Waals surface area contributed by atoms with E-state index in [9.17, 15) is 9.59 Å². The zero-order chi connectivity index (χ0) is 22.8. The number of nitrogens with zero attached hydrogens (tertiary/aromatic N) is 3. The lowest BCUT2D eigenvalue weighted by atomic mass is 9.99. The van der Waals surface area contributed by atoms with Crippen molar-refractivity contribution in [3.8, 4) is 0 Å². The summed E-state index contributed by atoms with van der Waals surface area (Å²) in [7, 11) is 0. The SMILES string of the molecule is CCC(C)(C)NC(=O)[C@@H](c1ccc(C)o1)N(C(=O)c1csnn1)c1cccc(C)c1C. The van der Waals surface area contributed by atoms with Gasteiger partial charge in [-0.05, 0) is 81.9 Å². The molecule has 0 saturated carbocycles. The molecule has 0 unspecified atom stereocenters. The van der Waals surface area contributed by atoms with Gasteiger partial charge in [-0.3, -0.25) is 14.5 Å². The Morgan fingerprint density at radius 3 is 2.52 bits per heavy atom. The predicted octanol–water partition coefficient (Wildman–Crippen LogP) is 4.75. The van der Waals surface area contributed by atoms with Gasteiger partial charge >= 0.3 is 0 Å². The maximum absolute atomic E-state index is 13.6. The molecule has 0 saturated heterocycles. The fraction of sp³-hybridized carbons (Fsp3) is 0.391. The third-order valence-electron chi connectivity index (χ3n) is 5.52. The number of rotatable bonds is 7. The molecule has 2 aromatic heterocycles. The summed E-state index contributed by atoms with van der Waals surface area (Å²) < 4.78 is 9.70. The number of amides is 2. The van der Waals surface area contributed by atoms with Gasteiger partial charge in [-0.1, -0.05) is 23.5 Å². The van der Waals surface area contributed by atoms with Crippen molar-refractivity contribution in [2.45, 2.75) is 59.5 Å². The maximum Gasteiger partial charge on any atom is 0.280 e. The number of carbonyl (C=O) groups excluding carboxylic acids is 2. The van der Waals surface area contributed by atoms with Crippen molar-refractivity contribution in [2.75, 3.05) is 4.90 Å². The summed E-state index contributed by atoms with van der Waals surface area (Å²) in [6, 6.07) is 8.20. The number of aromatic nitrogens is 2. The summed E-state index contributed by atoms with van der Waals surface area (Å²) in [6.45, 7) is 11.6. The van der Waals surface area contributed by atoms with E-state index < -0.39 is 17.5 Å². The standard InChI is InChI=1S/C23H28N4O3S/c1-7-23(5,6)24-21(28)20(19-12-11-15(3)30-19)27(22(29)17-13-31-26-25-17)18-10-8-9-14(2)16(18)4/h8-13,20H,7H2,1-6H3,(H,24,28)/t20-/m1/s1. The average Bonchev–Trinajstić information content (AvgIpc) is 3.39. The predicted molar refractivity (Wildman–Crippen MR) is 121 cm³/mol. The van der Waals surface area contributed by atoms with E-state index in [0.29, 0.717) is 17.2 Å². The van der Waals surface area contributed by atoms with Gasteiger partial charge in [0.05, 0.1) is 0 Å². The van der Waals surface area contributed by atoms with Crippen molar-refractivity contribution in [3.63, 3.8) is 0 Å². The number of hydrogen-bond acceptors (Lipinski definition) is 6. The molecule has 8 heteroatoms. The summed E-state index contributed by atoms with van der Waals surface area (Å²) >= 11 is 1.09. The monoisotopic (exact) mass is 440 g/mol. The molecule has 0 aliphatic rings. The highest BCUT2D eigenvalue weighted by atomic mass is 32.1. The smallest absolute Gasteiger partial charge is 0.280 e. The molecule has 1 atom stereocenters. The first-order valence-corrected chi connectivity index (χ1v) is 11.0. The molecule has 7 nitrogen and oxygen atoms in total. The molecular formula is C23H28N4O3S. The first-order valence-electron chi connectivity index (χ1n) is 10.2. The normalized spacial score (nSPS) is 12.5. The highest BCUT2D eigenvalue weighted by Gasteiger charge is 2.38. The molecular weight excluding hydrogens is 412 g/mol. The molecule has 31 heavy (non-hydrogen) atoms. The highest BCUT2D eigenvalue weighted by molar-refractivity contribution is 7.03.